The van der Waals surface area contributed by atoms with Crippen molar-refractivity contribution in [3.8, 4) is 11.1 Å². The van der Waals surface area contributed by atoms with Crippen LogP contribution in [-0.2, 0) is 27.3 Å². The number of halogens is 2. The van der Waals surface area contributed by atoms with Gasteiger partial charge in [-0.3, -0.25) is 0 Å². The van der Waals surface area contributed by atoms with Crippen LogP contribution in [0, 0.1) is 13.8 Å². The molecular weight excluding hydrogens is 414 g/mol. The quantitative estimate of drug-likeness (QED) is 0.387. The molecule has 1 aliphatic rings. The van der Waals surface area contributed by atoms with Gasteiger partial charge in [-0.15, -0.1) is 0 Å². The van der Waals surface area contributed by atoms with Gasteiger partial charge in [0.2, 0.25) is 0 Å². The van der Waals surface area contributed by atoms with Gasteiger partial charge in [0.1, 0.15) is 0 Å². The third-order valence-electron chi connectivity index (χ3n) is 4.90. The summed E-state index contributed by atoms with van der Waals surface area (Å²) < 4.78 is 0. The van der Waals surface area contributed by atoms with Crippen LogP contribution in [-0.4, -0.2) is 0 Å². The number of hydrogen-bond acceptors (Lipinski definition) is 0. The number of fused-ring (bicyclic) bond motifs is 3. The third-order valence-corrected chi connectivity index (χ3v) is 4.90. The van der Waals surface area contributed by atoms with Gasteiger partial charge in [-0.05, 0) is 76.6 Å². The Hall–Kier alpha value is -0.0969. The van der Waals surface area contributed by atoms with Gasteiger partial charge < -0.3 is 0 Å². The first-order valence-corrected chi connectivity index (χ1v) is 14.9. The Morgan fingerprint density at radius 3 is 1.38 bits per heavy atom. The molecule has 3 rings (SSSR count). The van der Waals surface area contributed by atoms with Crippen molar-refractivity contribution in [2.24, 2.45) is 0 Å². The predicted molar refractivity (Wildman–Crippen MR) is 104 cm³/mol. The van der Waals surface area contributed by atoms with Crippen molar-refractivity contribution in [1.82, 2.24) is 0 Å². The monoisotopic (exact) mass is 438 g/mol. The molecule has 0 amide bonds. The zero-order valence-electron chi connectivity index (χ0n) is 15.4. The van der Waals surface area contributed by atoms with Gasteiger partial charge >= 0.3 is 37.9 Å². The molecule has 2 aromatic rings. The zero-order valence-corrected chi connectivity index (χ0v) is 19.4. The molecule has 0 bridgehead atoms. The van der Waals surface area contributed by atoms with E-state index in [-0.39, 0.29) is 0 Å². The molecule has 0 saturated carbocycles. The Kier molecular flexibility index (Phi) is 7.18. The summed E-state index contributed by atoms with van der Waals surface area (Å²) in [5.74, 6) is 1.18. The fraction of sp³-hybridized carbons (Fsp3) is 0.429. The van der Waals surface area contributed by atoms with E-state index in [1.807, 2.05) is 0 Å². The molecule has 2 aromatic carbocycles. The molecule has 0 nitrogen and oxygen atoms in total. The molecule has 0 fully saturated rings. The van der Waals surface area contributed by atoms with Gasteiger partial charge in [-0.2, -0.15) is 0 Å². The second kappa shape index (κ2) is 8.52. The summed E-state index contributed by atoms with van der Waals surface area (Å²) in [6.45, 7) is 13.7. The standard InChI is InChI=1S/C21H26.2ClH.Zr/c1-12(2)18-10-20-16(7-14(18)5)9-17-8-15(6)19(13(3)4)11-21(17)20;;;/h7-8,10-13H,9H2,1-6H3;2*1H;/q;;;+2/p-2. The van der Waals surface area contributed by atoms with Gasteiger partial charge in [0.15, 0.2) is 0 Å². The van der Waals surface area contributed by atoms with E-state index >= 15 is 0 Å². The summed E-state index contributed by atoms with van der Waals surface area (Å²) in [5.41, 5.74) is 11.8. The molecule has 3 heteroatoms. The van der Waals surface area contributed by atoms with Crippen molar-refractivity contribution in [2.75, 3.05) is 0 Å². The Bertz CT molecular complexity index is 672. The molecule has 0 N–H and O–H groups in total. The van der Waals surface area contributed by atoms with Gasteiger partial charge in [0.05, 0.1) is 0 Å². The molecular formula is C21H26Cl2Zr. The van der Waals surface area contributed by atoms with Crippen LogP contribution in [0.2, 0.25) is 0 Å². The van der Waals surface area contributed by atoms with E-state index in [0.29, 0.717) is 11.8 Å². The van der Waals surface area contributed by atoms with E-state index in [9.17, 15) is 0 Å². The van der Waals surface area contributed by atoms with Gasteiger partial charge in [-0.25, -0.2) is 0 Å². The molecule has 0 saturated heterocycles. The SMILES string of the molecule is Cc1cc2c(cc1C(C)C)-c1cc(C(C)C)c(C)cc1C2.[Cl][Zr][Cl]. The maximum absolute atomic E-state index is 4.93. The first kappa shape index (κ1) is 20.2. The van der Waals surface area contributed by atoms with Gasteiger partial charge in [0, 0.05) is 0 Å². The Labute approximate surface area is 165 Å². The van der Waals surface area contributed by atoms with Crippen LogP contribution in [0.4, 0.5) is 0 Å². The molecule has 1 aliphatic carbocycles. The zero-order chi connectivity index (χ0) is 18.0. The second-order valence-electron chi connectivity index (χ2n) is 7.29. The molecule has 0 aromatic heterocycles. The van der Waals surface area contributed by atoms with Crippen molar-refractivity contribution < 1.29 is 20.8 Å². The molecule has 0 radical (unpaired) electrons. The predicted octanol–water partition coefficient (Wildman–Crippen LogP) is 7.50. The Morgan fingerprint density at radius 1 is 0.750 bits per heavy atom. The van der Waals surface area contributed by atoms with Crippen LogP contribution >= 0.6 is 17.0 Å². The van der Waals surface area contributed by atoms with E-state index in [4.69, 9.17) is 17.0 Å². The summed E-state index contributed by atoms with van der Waals surface area (Å²) >= 11 is -0.826. The summed E-state index contributed by atoms with van der Waals surface area (Å²) in [6.07, 6.45) is 1.10. The van der Waals surface area contributed by atoms with Crippen molar-refractivity contribution in [3.63, 3.8) is 0 Å². The minimum absolute atomic E-state index is 0.592. The number of hydrogen-bond donors (Lipinski definition) is 0. The first-order valence-electron chi connectivity index (χ1n) is 8.53. The van der Waals surface area contributed by atoms with Crippen LogP contribution in [0.3, 0.4) is 0 Å². The Morgan fingerprint density at radius 2 is 1.08 bits per heavy atom. The van der Waals surface area contributed by atoms with Gasteiger partial charge in [0.25, 0.3) is 0 Å². The van der Waals surface area contributed by atoms with Crippen molar-refractivity contribution in [3.05, 3.63) is 57.6 Å². The number of rotatable bonds is 2. The van der Waals surface area contributed by atoms with E-state index in [2.05, 4.69) is 65.8 Å². The van der Waals surface area contributed by atoms with Crippen LogP contribution in [0.1, 0.15) is 72.9 Å². The third kappa shape index (κ3) is 4.17. The summed E-state index contributed by atoms with van der Waals surface area (Å²) in [6, 6.07) is 9.71. The van der Waals surface area contributed by atoms with Crippen LogP contribution in [0.25, 0.3) is 11.1 Å². The average molecular weight is 441 g/mol. The van der Waals surface area contributed by atoms with E-state index < -0.39 is 20.8 Å². The molecule has 0 aliphatic heterocycles. The second-order valence-corrected chi connectivity index (χ2v) is 11.0. The molecule has 0 atom stereocenters. The van der Waals surface area contributed by atoms with E-state index in [0.717, 1.165) is 6.42 Å². The van der Waals surface area contributed by atoms with Crippen LogP contribution in [0.5, 0.6) is 0 Å². The maximum atomic E-state index is 4.93. The van der Waals surface area contributed by atoms with Crippen molar-refractivity contribution >= 4 is 17.0 Å². The molecule has 0 unspecified atom stereocenters. The summed E-state index contributed by atoms with van der Waals surface area (Å²) in [7, 11) is 9.87. The first-order chi connectivity index (χ1) is 11.3. The molecule has 0 spiro atoms. The van der Waals surface area contributed by atoms with Crippen molar-refractivity contribution in [2.45, 2.75) is 59.8 Å². The molecule has 128 valence electrons. The van der Waals surface area contributed by atoms with E-state index in [1.165, 1.54) is 44.5 Å². The molecule has 24 heavy (non-hydrogen) atoms. The van der Waals surface area contributed by atoms with Crippen molar-refractivity contribution in [1.29, 1.82) is 0 Å². The summed E-state index contributed by atoms with van der Waals surface area (Å²) in [5, 5.41) is 0. The van der Waals surface area contributed by atoms with Crippen LogP contribution < -0.4 is 0 Å². The van der Waals surface area contributed by atoms with Gasteiger partial charge in [-0.1, -0.05) is 52.0 Å². The normalized spacial score (nSPS) is 11.9. The number of aryl methyl sites for hydroxylation is 2. The fourth-order valence-corrected chi connectivity index (χ4v) is 3.81. The average Bonchev–Trinajstić information content (AvgIpc) is 2.81. The van der Waals surface area contributed by atoms with E-state index in [1.54, 1.807) is 0 Å². The Balaban J connectivity index is 0.000000647. The minimum atomic E-state index is -0.826. The van der Waals surface area contributed by atoms with Crippen LogP contribution in [0.15, 0.2) is 24.3 Å². The number of benzene rings is 2. The topological polar surface area (TPSA) is 0 Å². The summed E-state index contributed by atoms with van der Waals surface area (Å²) in [4.78, 5) is 0. The molecule has 0 heterocycles. The fourth-order valence-electron chi connectivity index (χ4n) is 3.81.